The van der Waals surface area contributed by atoms with Crippen molar-refractivity contribution in [3.8, 4) is 17.2 Å². The SMILES string of the molecule is CCOc1cc(C=NNC(=O)[C@H](C)Oc2ccc(Cl)c(C)c2)ccc1O. The van der Waals surface area contributed by atoms with Crippen molar-refractivity contribution in [2.24, 2.45) is 5.10 Å². The Bertz CT molecular complexity index is 808. The van der Waals surface area contributed by atoms with Crippen LogP contribution in [0.2, 0.25) is 5.02 Å². The molecular weight excluding hydrogens is 356 g/mol. The van der Waals surface area contributed by atoms with Gasteiger partial charge in [0.1, 0.15) is 5.75 Å². The molecule has 26 heavy (non-hydrogen) atoms. The fourth-order valence-corrected chi connectivity index (χ4v) is 2.21. The van der Waals surface area contributed by atoms with Crippen LogP contribution in [-0.4, -0.2) is 29.9 Å². The number of aromatic hydroxyl groups is 1. The Kier molecular flexibility index (Phi) is 6.86. The maximum atomic E-state index is 12.1. The lowest BCUT2D eigenvalue weighted by Crippen LogP contribution is -2.33. The Morgan fingerprint density at radius 3 is 2.81 bits per heavy atom. The number of ether oxygens (including phenoxy) is 2. The number of carbonyl (C=O) groups excluding carboxylic acids is 1. The molecule has 0 radical (unpaired) electrons. The van der Waals surface area contributed by atoms with E-state index in [9.17, 15) is 9.90 Å². The summed E-state index contributed by atoms with van der Waals surface area (Å²) in [4.78, 5) is 12.1. The number of nitrogens with zero attached hydrogens (tertiary/aromatic N) is 1. The number of nitrogens with one attached hydrogen (secondary N) is 1. The second-order valence-corrected chi connectivity index (χ2v) is 5.97. The first-order valence-corrected chi connectivity index (χ1v) is 8.50. The van der Waals surface area contributed by atoms with Gasteiger partial charge >= 0.3 is 0 Å². The van der Waals surface area contributed by atoms with E-state index in [0.717, 1.165) is 5.56 Å². The van der Waals surface area contributed by atoms with Crippen molar-refractivity contribution in [2.45, 2.75) is 26.9 Å². The summed E-state index contributed by atoms with van der Waals surface area (Å²) in [6.07, 6.45) is 0.727. The first-order valence-electron chi connectivity index (χ1n) is 8.12. The minimum absolute atomic E-state index is 0.0494. The molecule has 0 spiro atoms. The number of hydrogen-bond donors (Lipinski definition) is 2. The molecule has 1 atom stereocenters. The van der Waals surface area contributed by atoms with E-state index in [4.69, 9.17) is 21.1 Å². The van der Waals surface area contributed by atoms with Gasteiger partial charge in [-0.25, -0.2) is 5.43 Å². The summed E-state index contributed by atoms with van der Waals surface area (Å²) in [6.45, 7) is 5.74. The van der Waals surface area contributed by atoms with Crippen molar-refractivity contribution < 1.29 is 19.4 Å². The average Bonchev–Trinajstić information content (AvgIpc) is 2.61. The number of hydrogen-bond acceptors (Lipinski definition) is 5. The number of halogens is 1. The zero-order valence-corrected chi connectivity index (χ0v) is 15.6. The van der Waals surface area contributed by atoms with E-state index in [1.165, 1.54) is 12.3 Å². The third kappa shape index (κ3) is 5.39. The Hall–Kier alpha value is -2.73. The van der Waals surface area contributed by atoms with Gasteiger partial charge in [-0.2, -0.15) is 5.10 Å². The number of carbonyl (C=O) groups is 1. The number of phenols is 1. The lowest BCUT2D eigenvalue weighted by molar-refractivity contribution is -0.127. The van der Waals surface area contributed by atoms with E-state index in [1.807, 2.05) is 13.8 Å². The maximum Gasteiger partial charge on any atom is 0.280 e. The summed E-state index contributed by atoms with van der Waals surface area (Å²) in [5.41, 5.74) is 3.96. The van der Waals surface area contributed by atoms with Gasteiger partial charge in [0.15, 0.2) is 17.6 Å². The third-order valence-electron chi connectivity index (χ3n) is 3.48. The molecule has 0 aliphatic heterocycles. The number of phenolic OH excluding ortho intramolecular Hbond substituents is 1. The molecule has 2 aromatic carbocycles. The molecule has 2 rings (SSSR count). The van der Waals surface area contributed by atoms with Crippen molar-refractivity contribution >= 4 is 23.7 Å². The van der Waals surface area contributed by atoms with Crippen molar-refractivity contribution in [3.63, 3.8) is 0 Å². The van der Waals surface area contributed by atoms with Gasteiger partial charge < -0.3 is 14.6 Å². The van der Waals surface area contributed by atoms with Crippen LogP contribution in [0, 0.1) is 6.92 Å². The summed E-state index contributed by atoms with van der Waals surface area (Å²) in [7, 11) is 0. The van der Waals surface area contributed by atoms with E-state index in [-0.39, 0.29) is 5.75 Å². The summed E-state index contributed by atoms with van der Waals surface area (Å²) in [5, 5.41) is 14.2. The second kappa shape index (κ2) is 9.10. The van der Waals surface area contributed by atoms with Gasteiger partial charge in [0, 0.05) is 5.02 Å². The Balaban J connectivity index is 1.93. The van der Waals surface area contributed by atoms with Crippen LogP contribution >= 0.6 is 11.6 Å². The van der Waals surface area contributed by atoms with Gasteiger partial charge in [0.2, 0.25) is 0 Å². The lowest BCUT2D eigenvalue weighted by Gasteiger charge is -2.13. The molecule has 0 aliphatic rings. The van der Waals surface area contributed by atoms with Gasteiger partial charge in [-0.15, -0.1) is 0 Å². The van der Waals surface area contributed by atoms with E-state index in [2.05, 4.69) is 10.5 Å². The highest BCUT2D eigenvalue weighted by atomic mass is 35.5. The lowest BCUT2D eigenvalue weighted by atomic mass is 10.2. The molecule has 7 heteroatoms. The van der Waals surface area contributed by atoms with E-state index in [0.29, 0.717) is 28.7 Å². The molecule has 0 unspecified atom stereocenters. The van der Waals surface area contributed by atoms with Crippen molar-refractivity contribution in [1.29, 1.82) is 0 Å². The topological polar surface area (TPSA) is 80.2 Å². The number of hydrazone groups is 1. The molecule has 0 bridgehead atoms. The Morgan fingerprint density at radius 2 is 2.12 bits per heavy atom. The quantitative estimate of drug-likeness (QED) is 0.570. The van der Waals surface area contributed by atoms with Gasteiger partial charge in [-0.1, -0.05) is 11.6 Å². The Labute approximate surface area is 157 Å². The van der Waals surface area contributed by atoms with Crippen LogP contribution in [0.15, 0.2) is 41.5 Å². The predicted molar refractivity (Wildman–Crippen MR) is 101 cm³/mol. The first kappa shape index (κ1) is 19.6. The molecular formula is C19H21ClN2O4. The van der Waals surface area contributed by atoms with Crippen molar-refractivity contribution in [2.75, 3.05) is 6.61 Å². The number of benzene rings is 2. The largest absolute Gasteiger partial charge is 0.504 e. The van der Waals surface area contributed by atoms with Crippen LogP contribution in [-0.2, 0) is 4.79 Å². The predicted octanol–water partition coefficient (Wildman–Crippen LogP) is 3.67. The highest BCUT2D eigenvalue weighted by molar-refractivity contribution is 6.31. The molecule has 138 valence electrons. The molecule has 0 saturated carbocycles. The van der Waals surface area contributed by atoms with Crippen molar-refractivity contribution in [1.82, 2.24) is 5.43 Å². The second-order valence-electron chi connectivity index (χ2n) is 5.57. The van der Waals surface area contributed by atoms with Gasteiger partial charge in [0.25, 0.3) is 5.91 Å². The molecule has 0 heterocycles. The van der Waals surface area contributed by atoms with Crippen LogP contribution in [0.1, 0.15) is 25.0 Å². The molecule has 2 N–H and O–H groups in total. The number of amides is 1. The van der Waals surface area contributed by atoms with E-state index < -0.39 is 12.0 Å². The summed E-state index contributed by atoms with van der Waals surface area (Å²) in [6, 6.07) is 9.97. The summed E-state index contributed by atoms with van der Waals surface area (Å²) >= 11 is 5.97. The zero-order valence-electron chi connectivity index (χ0n) is 14.8. The van der Waals surface area contributed by atoms with Crippen LogP contribution < -0.4 is 14.9 Å². The molecule has 1 amide bonds. The molecule has 0 aromatic heterocycles. The average molecular weight is 377 g/mol. The minimum atomic E-state index is -0.730. The smallest absolute Gasteiger partial charge is 0.280 e. The number of rotatable bonds is 7. The fourth-order valence-electron chi connectivity index (χ4n) is 2.09. The highest BCUT2D eigenvalue weighted by Gasteiger charge is 2.14. The van der Waals surface area contributed by atoms with E-state index >= 15 is 0 Å². The highest BCUT2D eigenvalue weighted by Crippen LogP contribution is 2.26. The van der Waals surface area contributed by atoms with Crippen molar-refractivity contribution in [3.05, 3.63) is 52.5 Å². The molecule has 0 fully saturated rings. The summed E-state index contributed by atoms with van der Waals surface area (Å²) in [5.74, 6) is 0.571. The normalized spacial score (nSPS) is 12.0. The maximum absolute atomic E-state index is 12.1. The van der Waals surface area contributed by atoms with Gasteiger partial charge in [-0.3, -0.25) is 4.79 Å². The summed E-state index contributed by atoms with van der Waals surface area (Å²) < 4.78 is 10.9. The van der Waals surface area contributed by atoms with Crippen LogP contribution in [0.5, 0.6) is 17.2 Å². The van der Waals surface area contributed by atoms with Crippen LogP contribution in [0.25, 0.3) is 0 Å². The fraction of sp³-hybridized carbons (Fsp3) is 0.263. The minimum Gasteiger partial charge on any atom is -0.504 e. The van der Waals surface area contributed by atoms with Crippen LogP contribution in [0.4, 0.5) is 0 Å². The first-order chi connectivity index (χ1) is 12.4. The molecule has 0 aliphatic carbocycles. The van der Waals surface area contributed by atoms with Gasteiger partial charge in [0.05, 0.1) is 12.8 Å². The third-order valence-corrected chi connectivity index (χ3v) is 3.91. The number of aryl methyl sites for hydroxylation is 1. The molecule has 2 aromatic rings. The standard InChI is InChI=1S/C19H21ClN2O4/c1-4-25-18-10-14(5-8-17(18)23)11-21-22-19(24)13(3)26-15-6-7-16(20)12(2)9-15/h5-11,13,23H,4H2,1-3H3,(H,22,24)/t13-/m0/s1. The zero-order chi connectivity index (χ0) is 19.1. The van der Waals surface area contributed by atoms with E-state index in [1.54, 1.807) is 37.3 Å². The van der Waals surface area contributed by atoms with Crippen LogP contribution in [0.3, 0.4) is 0 Å². The van der Waals surface area contributed by atoms with Gasteiger partial charge in [-0.05, 0) is 68.3 Å². The Morgan fingerprint density at radius 1 is 1.35 bits per heavy atom. The molecule has 0 saturated heterocycles. The molecule has 6 nitrogen and oxygen atoms in total. The monoisotopic (exact) mass is 376 g/mol.